The molecule has 0 aromatic heterocycles. The van der Waals surface area contributed by atoms with Gasteiger partial charge in [-0.05, 0) is 37.1 Å². The maximum absolute atomic E-state index is 13.1. The molecule has 4 heteroatoms. The fourth-order valence-electron chi connectivity index (χ4n) is 2.37. The Labute approximate surface area is 130 Å². The minimum Gasteiger partial charge on any atom is -0.496 e. The molecule has 1 atom stereocenters. The number of ether oxygens (including phenoxy) is 1. The molecule has 0 spiro atoms. The smallest absolute Gasteiger partial charge is 0.220 e. The first-order valence-electron chi connectivity index (χ1n) is 7.27. The van der Waals surface area contributed by atoms with E-state index in [2.05, 4.69) is 5.32 Å². The molecule has 0 saturated carbocycles. The zero-order valence-electron chi connectivity index (χ0n) is 12.8. The summed E-state index contributed by atoms with van der Waals surface area (Å²) in [4.78, 5) is 12.0. The number of halogens is 1. The topological polar surface area (TPSA) is 38.3 Å². The SMILES string of the molecule is COc1ccccc1C(C)NC(=O)CCc1cccc(F)c1. The van der Waals surface area contributed by atoms with Crippen molar-refractivity contribution in [2.24, 2.45) is 0 Å². The number of para-hydroxylation sites is 1. The predicted molar refractivity (Wildman–Crippen MR) is 84.3 cm³/mol. The van der Waals surface area contributed by atoms with Crippen LogP contribution in [0, 0.1) is 5.82 Å². The monoisotopic (exact) mass is 301 g/mol. The van der Waals surface area contributed by atoms with Crippen molar-refractivity contribution in [1.29, 1.82) is 0 Å². The molecule has 1 unspecified atom stereocenters. The molecular weight excluding hydrogens is 281 g/mol. The normalized spacial score (nSPS) is 11.8. The molecule has 0 radical (unpaired) electrons. The molecule has 0 heterocycles. The van der Waals surface area contributed by atoms with Crippen molar-refractivity contribution >= 4 is 5.91 Å². The number of rotatable bonds is 6. The van der Waals surface area contributed by atoms with Crippen LogP contribution in [-0.4, -0.2) is 13.0 Å². The third-order valence-electron chi connectivity index (χ3n) is 3.51. The van der Waals surface area contributed by atoms with Crippen LogP contribution in [0.2, 0.25) is 0 Å². The van der Waals surface area contributed by atoms with Crippen LogP contribution in [0.4, 0.5) is 4.39 Å². The average molecular weight is 301 g/mol. The first-order valence-corrected chi connectivity index (χ1v) is 7.27. The number of hydrogen-bond donors (Lipinski definition) is 1. The molecule has 0 fully saturated rings. The Morgan fingerprint density at radius 3 is 2.73 bits per heavy atom. The van der Waals surface area contributed by atoms with E-state index in [9.17, 15) is 9.18 Å². The predicted octanol–water partition coefficient (Wildman–Crippen LogP) is 3.64. The van der Waals surface area contributed by atoms with Crippen molar-refractivity contribution in [2.45, 2.75) is 25.8 Å². The summed E-state index contributed by atoms with van der Waals surface area (Å²) in [6.07, 6.45) is 0.838. The van der Waals surface area contributed by atoms with Gasteiger partial charge in [0.05, 0.1) is 13.2 Å². The number of methoxy groups -OCH3 is 1. The highest BCUT2D eigenvalue weighted by atomic mass is 19.1. The summed E-state index contributed by atoms with van der Waals surface area (Å²) < 4.78 is 18.4. The van der Waals surface area contributed by atoms with Gasteiger partial charge in [-0.1, -0.05) is 30.3 Å². The summed E-state index contributed by atoms with van der Waals surface area (Å²) in [5, 5.41) is 2.94. The third-order valence-corrected chi connectivity index (χ3v) is 3.51. The fourth-order valence-corrected chi connectivity index (χ4v) is 2.37. The van der Waals surface area contributed by atoms with Crippen molar-refractivity contribution in [1.82, 2.24) is 5.32 Å². The molecule has 0 aliphatic rings. The Kier molecular flexibility index (Phi) is 5.53. The number of carbonyl (C=O) groups excluding carboxylic acids is 1. The van der Waals surface area contributed by atoms with Gasteiger partial charge in [0.25, 0.3) is 0 Å². The lowest BCUT2D eigenvalue weighted by Crippen LogP contribution is -2.27. The van der Waals surface area contributed by atoms with E-state index in [0.717, 1.165) is 16.9 Å². The van der Waals surface area contributed by atoms with Gasteiger partial charge in [-0.25, -0.2) is 4.39 Å². The van der Waals surface area contributed by atoms with Crippen LogP contribution in [0.5, 0.6) is 5.75 Å². The van der Waals surface area contributed by atoms with Crippen LogP contribution in [0.15, 0.2) is 48.5 Å². The maximum Gasteiger partial charge on any atom is 0.220 e. The number of carbonyl (C=O) groups is 1. The van der Waals surface area contributed by atoms with Gasteiger partial charge >= 0.3 is 0 Å². The summed E-state index contributed by atoms with van der Waals surface area (Å²) in [6, 6.07) is 13.8. The number of aryl methyl sites for hydroxylation is 1. The largest absolute Gasteiger partial charge is 0.496 e. The maximum atomic E-state index is 13.1. The Bertz CT molecular complexity index is 642. The van der Waals surface area contributed by atoms with E-state index in [4.69, 9.17) is 4.74 Å². The fraction of sp³-hybridized carbons (Fsp3) is 0.278. The molecule has 116 valence electrons. The van der Waals surface area contributed by atoms with Gasteiger partial charge in [-0.2, -0.15) is 0 Å². The molecular formula is C18H20FNO2. The van der Waals surface area contributed by atoms with E-state index < -0.39 is 0 Å². The van der Waals surface area contributed by atoms with Gasteiger partial charge in [0, 0.05) is 12.0 Å². The molecule has 0 aliphatic heterocycles. The molecule has 22 heavy (non-hydrogen) atoms. The molecule has 3 nitrogen and oxygen atoms in total. The van der Waals surface area contributed by atoms with E-state index in [1.807, 2.05) is 37.3 Å². The molecule has 0 bridgehead atoms. The van der Waals surface area contributed by atoms with Crippen LogP contribution in [-0.2, 0) is 11.2 Å². The van der Waals surface area contributed by atoms with Gasteiger partial charge in [0.2, 0.25) is 5.91 Å². The first kappa shape index (κ1) is 16.0. The van der Waals surface area contributed by atoms with Crippen molar-refractivity contribution in [3.05, 3.63) is 65.5 Å². The highest BCUT2D eigenvalue weighted by molar-refractivity contribution is 5.76. The summed E-state index contributed by atoms with van der Waals surface area (Å²) >= 11 is 0. The Morgan fingerprint density at radius 2 is 2.00 bits per heavy atom. The number of nitrogens with one attached hydrogen (secondary N) is 1. The minimum atomic E-state index is -0.278. The Hall–Kier alpha value is -2.36. The second-order valence-corrected chi connectivity index (χ2v) is 5.16. The summed E-state index contributed by atoms with van der Waals surface area (Å²) in [7, 11) is 1.61. The van der Waals surface area contributed by atoms with Gasteiger partial charge in [0.1, 0.15) is 11.6 Å². The van der Waals surface area contributed by atoms with Crippen LogP contribution >= 0.6 is 0 Å². The van der Waals surface area contributed by atoms with Crippen molar-refractivity contribution in [3.63, 3.8) is 0 Å². The Morgan fingerprint density at radius 1 is 1.23 bits per heavy atom. The lowest BCUT2D eigenvalue weighted by Gasteiger charge is -2.17. The average Bonchev–Trinajstić information content (AvgIpc) is 2.53. The van der Waals surface area contributed by atoms with E-state index >= 15 is 0 Å². The highest BCUT2D eigenvalue weighted by Gasteiger charge is 2.13. The summed E-state index contributed by atoms with van der Waals surface area (Å²) in [5.74, 6) is 0.406. The van der Waals surface area contributed by atoms with Crippen LogP contribution in [0.3, 0.4) is 0 Å². The van der Waals surface area contributed by atoms with Gasteiger partial charge < -0.3 is 10.1 Å². The molecule has 0 saturated heterocycles. The molecule has 1 N–H and O–H groups in total. The first-order chi connectivity index (χ1) is 10.6. The zero-order chi connectivity index (χ0) is 15.9. The molecule has 2 aromatic carbocycles. The van der Waals surface area contributed by atoms with Gasteiger partial charge in [0.15, 0.2) is 0 Å². The second kappa shape index (κ2) is 7.59. The van der Waals surface area contributed by atoms with E-state index in [0.29, 0.717) is 12.8 Å². The quantitative estimate of drug-likeness (QED) is 0.884. The summed E-state index contributed by atoms with van der Waals surface area (Å²) in [5.41, 5.74) is 1.75. The molecule has 2 rings (SSSR count). The van der Waals surface area contributed by atoms with Crippen LogP contribution < -0.4 is 10.1 Å². The minimum absolute atomic E-state index is 0.0670. The molecule has 0 aliphatic carbocycles. The lowest BCUT2D eigenvalue weighted by atomic mass is 10.1. The van der Waals surface area contributed by atoms with E-state index in [-0.39, 0.29) is 17.8 Å². The summed E-state index contributed by atoms with van der Waals surface area (Å²) in [6.45, 7) is 1.91. The highest BCUT2D eigenvalue weighted by Crippen LogP contribution is 2.24. The van der Waals surface area contributed by atoms with Gasteiger partial charge in [-0.3, -0.25) is 4.79 Å². The Balaban J connectivity index is 1.91. The number of amides is 1. The van der Waals surface area contributed by atoms with Crippen LogP contribution in [0.25, 0.3) is 0 Å². The van der Waals surface area contributed by atoms with Crippen molar-refractivity contribution < 1.29 is 13.9 Å². The number of benzene rings is 2. The van der Waals surface area contributed by atoms with Gasteiger partial charge in [-0.15, -0.1) is 0 Å². The molecule has 1 amide bonds. The third kappa shape index (κ3) is 4.32. The van der Waals surface area contributed by atoms with Crippen LogP contribution in [0.1, 0.15) is 30.5 Å². The lowest BCUT2D eigenvalue weighted by molar-refractivity contribution is -0.121. The number of hydrogen-bond acceptors (Lipinski definition) is 2. The second-order valence-electron chi connectivity index (χ2n) is 5.16. The van der Waals surface area contributed by atoms with Crippen molar-refractivity contribution in [2.75, 3.05) is 7.11 Å². The van der Waals surface area contributed by atoms with E-state index in [1.165, 1.54) is 12.1 Å². The molecule has 2 aromatic rings. The van der Waals surface area contributed by atoms with E-state index in [1.54, 1.807) is 13.2 Å². The zero-order valence-corrected chi connectivity index (χ0v) is 12.8. The standard InChI is InChI=1S/C18H20FNO2/c1-13(16-8-3-4-9-17(16)22-2)20-18(21)11-10-14-6-5-7-15(19)12-14/h3-9,12-13H,10-11H2,1-2H3,(H,20,21). The van der Waals surface area contributed by atoms with Crippen molar-refractivity contribution in [3.8, 4) is 5.75 Å².